The van der Waals surface area contributed by atoms with Gasteiger partial charge in [0.2, 0.25) is 0 Å². The molecule has 0 radical (unpaired) electrons. The van der Waals surface area contributed by atoms with Crippen LogP contribution in [0.15, 0.2) is 41.3 Å². The molecule has 0 saturated carbocycles. The molecule has 0 spiro atoms. The molecule has 0 amide bonds. The van der Waals surface area contributed by atoms with Crippen molar-refractivity contribution >= 4 is 21.4 Å². The van der Waals surface area contributed by atoms with E-state index in [1.54, 1.807) is 25.1 Å². The summed E-state index contributed by atoms with van der Waals surface area (Å²) in [5.74, 6) is 0. The van der Waals surface area contributed by atoms with Crippen LogP contribution in [0.4, 0.5) is 11.4 Å². The summed E-state index contributed by atoms with van der Waals surface area (Å²) in [6.45, 7) is 3.61. The smallest absolute Gasteiger partial charge is 0.261 e. The van der Waals surface area contributed by atoms with Crippen LogP contribution in [0.25, 0.3) is 0 Å². The molecule has 2 rings (SSSR count). The quantitative estimate of drug-likeness (QED) is 0.851. The van der Waals surface area contributed by atoms with E-state index >= 15 is 0 Å². The van der Waals surface area contributed by atoms with Crippen LogP contribution in [0.1, 0.15) is 16.7 Å². The molecule has 0 unspecified atom stereocenters. The summed E-state index contributed by atoms with van der Waals surface area (Å²) in [5, 5.41) is 8.85. The first-order chi connectivity index (χ1) is 9.85. The number of rotatable bonds is 3. The van der Waals surface area contributed by atoms with Crippen LogP contribution in [0, 0.1) is 25.2 Å². The minimum atomic E-state index is -3.75. The van der Waals surface area contributed by atoms with Crippen LogP contribution in [-0.2, 0) is 10.0 Å². The highest BCUT2D eigenvalue weighted by atomic mass is 32.2. The van der Waals surface area contributed by atoms with Crippen LogP contribution in [0.5, 0.6) is 0 Å². The molecule has 21 heavy (non-hydrogen) atoms. The maximum Gasteiger partial charge on any atom is 0.261 e. The Hall–Kier alpha value is -2.52. The van der Waals surface area contributed by atoms with Crippen LogP contribution in [-0.4, -0.2) is 8.42 Å². The maximum absolute atomic E-state index is 12.4. The Morgan fingerprint density at radius 2 is 1.90 bits per heavy atom. The number of hydrogen-bond acceptors (Lipinski definition) is 4. The number of benzene rings is 2. The van der Waals surface area contributed by atoms with E-state index in [4.69, 9.17) is 11.0 Å². The van der Waals surface area contributed by atoms with Crippen LogP contribution in [0.2, 0.25) is 0 Å². The zero-order chi connectivity index (χ0) is 15.6. The Morgan fingerprint density at radius 3 is 2.57 bits per heavy atom. The second-order valence-corrected chi connectivity index (χ2v) is 6.40. The number of nitrogen functional groups attached to an aromatic ring is 1. The Labute approximate surface area is 124 Å². The molecule has 0 aliphatic rings. The number of sulfonamides is 1. The summed E-state index contributed by atoms with van der Waals surface area (Å²) in [4.78, 5) is 0.0418. The summed E-state index contributed by atoms with van der Waals surface area (Å²) >= 11 is 0. The van der Waals surface area contributed by atoms with E-state index in [2.05, 4.69) is 4.72 Å². The first-order valence-corrected chi connectivity index (χ1v) is 7.72. The fourth-order valence-corrected chi connectivity index (χ4v) is 3.08. The zero-order valence-electron chi connectivity index (χ0n) is 11.7. The molecule has 0 fully saturated rings. The van der Waals surface area contributed by atoms with E-state index in [1.165, 1.54) is 18.2 Å². The van der Waals surface area contributed by atoms with Crippen LogP contribution < -0.4 is 10.5 Å². The summed E-state index contributed by atoms with van der Waals surface area (Å²) < 4.78 is 27.2. The van der Waals surface area contributed by atoms with E-state index in [0.29, 0.717) is 16.9 Å². The minimum Gasteiger partial charge on any atom is -0.398 e. The molecule has 0 heterocycles. The van der Waals surface area contributed by atoms with E-state index in [9.17, 15) is 8.42 Å². The minimum absolute atomic E-state index is 0.0418. The topological polar surface area (TPSA) is 96.0 Å². The molecule has 2 aromatic carbocycles. The maximum atomic E-state index is 12.4. The third kappa shape index (κ3) is 2.98. The van der Waals surface area contributed by atoms with Gasteiger partial charge in [-0.25, -0.2) is 8.42 Å². The second-order valence-electron chi connectivity index (χ2n) is 4.71. The van der Waals surface area contributed by atoms with Crippen molar-refractivity contribution in [1.29, 1.82) is 5.26 Å². The van der Waals surface area contributed by atoms with Gasteiger partial charge in [0.25, 0.3) is 10.0 Å². The normalized spacial score (nSPS) is 10.9. The van der Waals surface area contributed by atoms with E-state index in [-0.39, 0.29) is 10.5 Å². The zero-order valence-corrected chi connectivity index (χ0v) is 12.5. The summed E-state index contributed by atoms with van der Waals surface area (Å²) in [7, 11) is -3.75. The predicted octanol–water partition coefficient (Wildman–Crippen LogP) is 2.56. The van der Waals surface area contributed by atoms with Crippen molar-refractivity contribution in [2.45, 2.75) is 18.7 Å². The third-order valence-electron chi connectivity index (χ3n) is 3.25. The number of nitrogens with one attached hydrogen (secondary N) is 1. The van der Waals surface area contributed by atoms with Gasteiger partial charge in [0.15, 0.2) is 0 Å². The van der Waals surface area contributed by atoms with Crippen molar-refractivity contribution in [3.8, 4) is 6.07 Å². The van der Waals surface area contributed by atoms with Crippen LogP contribution in [0.3, 0.4) is 0 Å². The molecule has 0 saturated heterocycles. The van der Waals surface area contributed by atoms with Crippen molar-refractivity contribution in [3.63, 3.8) is 0 Å². The average molecular weight is 301 g/mol. The lowest BCUT2D eigenvalue weighted by molar-refractivity contribution is 0.601. The molecule has 0 aliphatic carbocycles. The number of hydrogen-bond donors (Lipinski definition) is 2. The Morgan fingerprint density at radius 1 is 1.19 bits per heavy atom. The molecule has 5 nitrogen and oxygen atoms in total. The van der Waals surface area contributed by atoms with E-state index < -0.39 is 10.0 Å². The fraction of sp³-hybridized carbons (Fsp3) is 0.133. The molecule has 2 aromatic rings. The Balaban J connectivity index is 2.43. The van der Waals surface area contributed by atoms with Gasteiger partial charge in [-0.2, -0.15) is 5.26 Å². The standard InChI is InChI=1S/C15H15N3O2S/c1-10-6-7-14(11(2)15(10)17)18-21(19,20)13-5-3-4-12(8-13)9-16/h3-8,18H,17H2,1-2H3. The second kappa shape index (κ2) is 5.46. The largest absolute Gasteiger partial charge is 0.398 e. The number of aryl methyl sites for hydroxylation is 1. The van der Waals surface area contributed by atoms with Gasteiger partial charge in [-0.3, -0.25) is 4.72 Å². The van der Waals surface area contributed by atoms with Gasteiger partial charge in [0.1, 0.15) is 0 Å². The fourth-order valence-electron chi connectivity index (χ4n) is 1.91. The van der Waals surface area contributed by atoms with Gasteiger partial charge in [-0.1, -0.05) is 12.1 Å². The first kappa shape index (κ1) is 14.9. The summed E-state index contributed by atoms with van der Waals surface area (Å²) in [6, 6.07) is 11.2. The lowest BCUT2D eigenvalue weighted by Crippen LogP contribution is -2.14. The highest BCUT2D eigenvalue weighted by molar-refractivity contribution is 7.92. The SMILES string of the molecule is Cc1ccc(NS(=O)(=O)c2cccc(C#N)c2)c(C)c1N. The first-order valence-electron chi connectivity index (χ1n) is 6.24. The molecule has 0 bridgehead atoms. The van der Waals surface area contributed by atoms with Gasteiger partial charge >= 0.3 is 0 Å². The van der Waals surface area contributed by atoms with E-state index in [1.807, 2.05) is 13.0 Å². The number of anilines is 2. The molecule has 108 valence electrons. The van der Waals surface area contributed by atoms with Gasteiger partial charge in [0, 0.05) is 5.69 Å². The third-order valence-corrected chi connectivity index (χ3v) is 4.61. The highest BCUT2D eigenvalue weighted by Gasteiger charge is 2.16. The van der Waals surface area contributed by atoms with Gasteiger partial charge in [-0.05, 0) is 49.2 Å². The average Bonchev–Trinajstić information content (AvgIpc) is 2.48. The van der Waals surface area contributed by atoms with Gasteiger partial charge in [-0.15, -0.1) is 0 Å². The monoisotopic (exact) mass is 301 g/mol. The number of nitrogens with two attached hydrogens (primary N) is 1. The lowest BCUT2D eigenvalue weighted by atomic mass is 10.1. The highest BCUT2D eigenvalue weighted by Crippen LogP contribution is 2.26. The molecule has 0 aliphatic heterocycles. The molecular weight excluding hydrogens is 286 g/mol. The van der Waals surface area contributed by atoms with Crippen molar-refractivity contribution < 1.29 is 8.42 Å². The number of nitriles is 1. The van der Waals surface area contributed by atoms with Gasteiger partial charge < -0.3 is 5.73 Å². The van der Waals surface area contributed by atoms with Crippen molar-refractivity contribution in [1.82, 2.24) is 0 Å². The summed E-state index contributed by atoms with van der Waals surface area (Å²) in [6.07, 6.45) is 0. The van der Waals surface area contributed by atoms with Gasteiger partial charge in [0.05, 0.1) is 22.2 Å². The van der Waals surface area contributed by atoms with Crippen LogP contribution >= 0.6 is 0 Å². The number of nitrogens with zero attached hydrogens (tertiary/aromatic N) is 1. The van der Waals surface area contributed by atoms with Crippen molar-refractivity contribution in [3.05, 3.63) is 53.1 Å². The molecule has 0 aromatic heterocycles. The Bertz CT molecular complexity index is 836. The van der Waals surface area contributed by atoms with E-state index in [0.717, 1.165) is 5.56 Å². The van der Waals surface area contributed by atoms with Crippen molar-refractivity contribution in [2.75, 3.05) is 10.5 Å². The summed E-state index contributed by atoms with van der Waals surface area (Å²) in [5.41, 5.74) is 8.75. The Kier molecular flexibility index (Phi) is 3.87. The molecular formula is C15H15N3O2S. The molecule has 0 atom stereocenters. The molecule has 6 heteroatoms. The molecule has 3 N–H and O–H groups in total. The lowest BCUT2D eigenvalue weighted by Gasteiger charge is -2.13. The predicted molar refractivity (Wildman–Crippen MR) is 82.3 cm³/mol. The van der Waals surface area contributed by atoms with Crippen molar-refractivity contribution in [2.24, 2.45) is 0 Å².